The van der Waals surface area contributed by atoms with Crippen LogP contribution >= 0.6 is 0 Å². The molecule has 2 rings (SSSR count). The Hall–Kier alpha value is -2.12. The number of likely N-dealkylation sites (tertiary alicyclic amines) is 1. The van der Waals surface area contributed by atoms with E-state index in [9.17, 15) is 14.4 Å². The smallest absolute Gasteiger partial charge is 0.407 e. The number of alkyl carbamates (subject to hydrolysis) is 1. The van der Waals surface area contributed by atoms with E-state index in [0.29, 0.717) is 44.1 Å². The average Bonchev–Trinajstić information content (AvgIpc) is 2.54. The Bertz CT molecular complexity index is 559. The van der Waals surface area contributed by atoms with Crippen LogP contribution < -0.4 is 5.32 Å². The van der Waals surface area contributed by atoms with Gasteiger partial charge < -0.3 is 15.0 Å². The molecule has 0 saturated carbocycles. The van der Waals surface area contributed by atoms with Crippen molar-refractivity contribution in [3.8, 4) is 0 Å². The number of piperidine rings is 1. The normalized spacial score (nSPS) is 19.5. The molecule has 2 aliphatic heterocycles. The molecule has 0 aliphatic carbocycles. The Kier molecular flexibility index (Phi) is 6.02. The Morgan fingerprint density at radius 3 is 2.44 bits per heavy atom. The van der Waals surface area contributed by atoms with Crippen molar-refractivity contribution in [3.05, 3.63) is 0 Å². The highest BCUT2D eigenvalue weighted by atomic mass is 16.6. The molecule has 140 valence electrons. The lowest BCUT2D eigenvalue weighted by Gasteiger charge is -2.33. The number of rotatable bonds is 3. The Balaban J connectivity index is 1.76. The first-order valence-electron chi connectivity index (χ1n) is 8.76. The number of hydrogen-bond donors (Lipinski definition) is 1. The molecule has 8 nitrogen and oxygen atoms in total. The maximum absolute atomic E-state index is 12.5. The van der Waals surface area contributed by atoms with Crippen molar-refractivity contribution >= 4 is 23.6 Å². The second kappa shape index (κ2) is 7.84. The molecule has 0 bridgehead atoms. The van der Waals surface area contributed by atoms with E-state index in [1.54, 1.807) is 11.9 Å². The molecule has 0 atom stereocenters. The molecule has 0 unspecified atom stereocenters. The van der Waals surface area contributed by atoms with Crippen LogP contribution in [0.3, 0.4) is 0 Å². The van der Waals surface area contributed by atoms with Gasteiger partial charge in [-0.2, -0.15) is 5.10 Å². The van der Waals surface area contributed by atoms with E-state index in [1.807, 2.05) is 20.8 Å². The molecule has 25 heavy (non-hydrogen) atoms. The summed E-state index contributed by atoms with van der Waals surface area (Å²) in [6.07, 6.45) is 1.97. The SMILES string of the molecule is CN1N=C(C(=O)N2CCC(CNC(=O)OC(C)(C)C)CC2)CCC1=O. The van der Waals surface area contributed by atoms with Gasteiger partial charge in [0.05, 0.1) is 0 Å². The van der Waals surface area contributed by atoms with Gasteiger partial charge in [-0.05, 0) is 39.5 Å². The Morgan fingerprint density at radius 2 is 1.88 bits per heavy atom. The molecule has 1 fully saturated rings. The molecule has 8 heteroatoms. The van der Waals surface area contributed by atoms with Gasteiger partial charge in [-0.15, -0.1) is 0 Å². The predicted octanol–water partition coefficient (Wildman–Crippen LogP) is 1.36. The molecule has 0 aromatic heterocycles. The molecule has 0 spiro atoms. The number of carbonyl (C=O) groups is 3. The van der Waals surface area contributed by atoms with Gasteiger partial charge in [0.15, 0.2) is 0 Å². The van der Waals surface area contributed by atoms with Crippen molar-refractivity contribution in [3.63, 3.8) is 0 Å². The molecule has 2 heterocycles. The summed E-state index contributed by atoms with van der Waals surface area (Å²) in [4.78, 5) is 37.4. The van der Waals surface area contributed by atoms with E-state index in [2.05, 4.69) is 10.4 Å². The summed E-state index contributed by atoms with van der Waals surface area (Å²) in [7, 11) is 1.57. The summed E-state index contributed by atoms with van der Waals surface area (Å²) in [6, 6.07) is 0. The summed E-state index contributed by atoms with van der Waals surface area (Å²) in [6.45, 7) is 7.31. The van der Waals surface area contributed by atoms with Gasteiger partial charge >= 0.3 is 6.09 Å². The number of hydrazone groups is 1. The monoisotopic (exact) mass is 352 g/mol. The topological polar surface area (TPSA) is 91.3 Å². The second-order valence-corrected chi connectivity index (χ2v) is 7.58. The summed E-state index contributed by atoms with van der Waals surface area (Å²) in [5.74, 6) is 0.176. The first-order chi connectivity index (χ1) is 11.7. The third-order valence-electron chi connectivity index (χ3n) is 4.29. The number of nitrogens with zero attached hydrogens (tertiary/aromatic N) is 3. The third-order valence-corrected chi connectivity index (χ3v) is 4.29. The van der Waals surface area contributed by atoms with Crippen LogP contribution in [0.4, 0.5) is 4.79 Å². The van der Waals surface area contributed by atoms with Crippen molar-refractivity contribution in [1.29, 1.82) is 0 Å². The molecule has 1 N–H and O–H groups in total. The van der Waals surface area contributed by atoms with Crippen molar-refractivity contribution in [2.45, 2.75) is 52.1 Å². The summed E-state index contributed by atoms with van der Waals surface area (Å²) in [5, 5.41) is 8.13. The first-order valence-corrected chi connectivity index (χ1v) is 8.76. The Labute approximate surface area is 148 Å². The molecule has 3 amide bonds. The first kappa shape index (κ1) is 19.2. The lowest BCUT2D eigenvalue weighted by atomic mass is 9.96. The minimum atomic E-state index is -0.505. The lowest BCUT2D eigenvalue weighted by molar-refractivity contribution is -0.131. The minimum Gasteiger partial charge on any atom is -0.444 e. The summed E-state index contributed by atoms with van der Waals surface area (Å²) in [5.41, 5.74) is -0.0535. The fourth-order valence-corrected chi connectivity index (χ4v) is 2.89. The van der Waals surface area contributed by atoms with E-state index in [4.69, 9.17) is 4.74 Å². The number of carbonyl (C=O) groups excluding carboxylic acids is 3. The van der Waals surface area contributed by atoms with Crippen LogP contribution in [0.1, 0.15) is 46.5 Å². The summed E-state index contributed by atoms with van der Waals surface area (Å²) >= 11 is 0. The van der Waals surface area contributed by atoms with Crippen molar-refractivity contribution in [1.82, 2.24) is 15.2 Å². The van der Waals surface area contributed by atoms with Crippen LogP contribution in [0.5, 0.6) is 0 Å². The average molecular weight is 352 g/mol. The number of ether oxygens (including phenoxy) is 1. The number of hydrogen-bond acceptors (Lipinski definition) is 5. The molecule has 2 aliphatic rings. The van der Waals surface area contributed by atoms with Crippen molar-refractivity contribution < 1.29 is 19.1 Å². The third kappa shape index (κ3) is 5.72. The molecular formula is C17H28N4O4. The van der Waals surface area contributed by atoms with E-state index in [1.165, 1.54) is 5.01 Å². The van der Waals surface area contributed by atoms with Gasteiger partial charge in [-0.25, -0.2) is 9.80 Å². The van der Waals surface area contributed by atoms with E-state index in [-0.39, 0.29) is 11.8 Å². The number of nitrogens with one attached hydrogen (secondary N) is 1. The minimum absolute atomic E-state index is 0.0662. The van der Waals surface area contributed by atoms with Gasteiger partial charge in [0.1, 0.15) is 11.3 Å². The van der Waals surface area contributed by atoms with Crippen LogP contribution in [0.25, 0.3) is 0 Å². The predicted molar refractivity (Wildman–Crippen MR) is 93.0 cm³/mol. The molecule has 0 aromatic carbocycles. The fraction of sp³-hybridized carbons (Fsp3) is 0.765. The number of amides is 3. The highest BCUT2D eigenvalue weighted by Crippen LogP contribution is 2.18. The van der Waals surface area contributed by atoms with Gasteiger partial charge in [0.2, 0.25) is 5.91 Å². The fourth-order valence-electron chi connectivity index (χ4n) is 2.89. The zero-order valence-corrected chi connectivity index (χ0v) is 15.5. The van der Waals surface area contributed by atoms with Crippen LogP contribution in [0.2, 0.25) is 0 Å². The Morgan fingerprint density at radius 1 is 1.24 bits per heavy atom. The van der Waals surface area contributed by atoms with Gasteiger partial charge in [0.25, 0.3) is 5.91 Å². The van der Waals surface area contributed by atoms with Crippen LogP contribution in [0, 0.1) is 5.92 Å². The largest absolute Gasteiger partial charge is 0.444 e. The highest BCUT2D eigenvalue weighted by molar-refractivity contribution is 6.39. The second-order valence-electron chi connectivity index (χ2n) is 7.58. The lowest BCUT2D eigenvalue weighted by Crippen LogP contribution is -2.46. The zero-order chi connectivity index (χ0) is 18.6. The van der Waals surface area contributed by atoms with Gasteiger partial charge in [-0.3, -0.25) is 9.59 Å². The van der Waals surface area contributed by atoms with E-state index < -0.39 is 11.7 Å². The van der Waals surface area contributed by atoms with Gasteiger partial charge in [-0.1, -0.05) is 0 Å². The maximum Gasteiger partial charge on any atom is 0.407 e. The van der Waals surface area contributed by atoms with Gasteiger partial charge in [0, 0.05) is 39.5 Å². The highest BCUT2D eigenvalue weighted by Gasteiger charge is 2.29. The van der Waals surface area contributed by atoms with Crippen LogP contribution in [-0.2, 0) is 14.3 Å². The van der Waals surface area contributed by atoms with Crippen molar-refractivity contribution in [2.75, 3.05) is 26.7 Å². The molecular weight excluding hydrogens is 324 g/mol. The molecule has 0 radical (unpaired) electrons. The standard InChI is InChI=1S/C17H28N4O4/c1-17(2,3)25-16(24)18-11-12-7-9-21(10-8-12)15(23)13-5-6-14(22)20(4)19-13/h12H,5-11H2,1-4H3,(H,18,24). The van der Waals surface area contributed by atoms with E-state index in [0.717, 1.165) is 12.8 Å². The van der Waals surface area contributed by atoms with Crippen LogP contribution in [-0.4, -0.2) is 65.8 Å². The maximum atomic E-state index is 12.5. The quantitative estimate of drug-likeness (QED) is 0.830. The zero-order valence-electron chi connectivity index (χ0n) is 15.5. The summed E-state index contributed by atoms with van der Waals surface area (Å²) < 4.78 is 5.22. The van der Waals surface area contributed by atoms with E-state index >= 15 is 0 Å². The van der Waals surface area contributed by atoms with Crippen LogP contribution in [0.15, 0.2) is 5.10 Å². The van der Waals surface area contributed by atoms with Crippen molar-refractivity contribution in [2.24, 2.45) is 11.0 Å². The molecule has 0 aromatic rings. The molecule has 1 saturated heterocycles.